The summed E-state index contributed by atoms with van der Waals surface area (Å²) in [5.41, 5.74) is 23.4. The summed E-state index contributed by atoms with van der Waals surface area (Å²) in [4.78, 5) is 41.1. The molecule has 0 N–H and O–H groups in total. The van der Waals surface area contributed by atoms with Crippen LogP contribution in [0.3, 0.4) is 0 Å². The number of hydrogen-bond acceptors (Lipinski definition) is 8. The van der Waals surface area contributed by atoms with E-state index in [1.807, 2.05) is 26.7 Å². The van der Waals surface area contributed by atoms with E-state index in [1.165, 1.54) is 0 Å². The third kappa shape index (κ3) is 15.9. The molecular formula is C80H76N8P4S4Zn2. The number of rotatable bonds is 0. The zero-order chi connectivity index (χ0) is 68.4. The number of fused-ring (bicyclic) bond motifs is 40. The first-order valence-electron chi connectivity index (χ1n) is 30.9. The van der Waals surface area contributed by atoms with Crippen LogP contribution in [-0.4, -0.2) is 71.6 Å². The average molecular weight is 1530 g/mol. The summed E-state index contributed by atoms with van der Waals surface area (Å²) in [6.07, 6.45) is 6.78. The molecule has 18 heteroatoms. The first-order chi connectivity index (χ1) is 47.6. The minimum atomic E-state index is 0. The molecule has 14 aromatic rings. The molecule has 18 rings (SSSR count). The molecule has 8 nitrogen and oxygen atoms in total. The number of nitrogens with zero attached hydrogens (tertiary/aromatic N) is 8. The molecule has 0 aliphatic carbocycles. The van der Waals surface area contributed by atoms with E-state index in [-0.39, 0.29) is 39.0 Å². The minimum absolute atomic E-state index is 0. The zero-order valence-electron chi connectivity index (χ0n) is 56.2. The van der Waals surface area contributed by atoms with Crippen LogP contribution in [-0.2, 0) is 39.0 Å². The topological polar surface area (TPSA) is 108 Å². The summed E-state index contributed by atoms with van der Waals surface area (Å²) in [6.45, 7) is 7.67. The molecule has 0 saturated carbocycles. The second kappa shape index (κ2) is 38.3. The van der Waals surface area contributed by atoms with Crippen molar-refractivity contribution < 1.29 is 39.0 Å². The average Bonchev–Trinajstić information content (AvgIpc) is 1.61. The molecule has 0 fully saturated rings. The number of thiol groups is 4. The van der Waals surface area contributed by atoms with Gasteiger partial charge in [-0.3, -0.25) is 0 Å². The van der Waals surface area contributed by atoms with Gasteiger partial charge in [0.1, 0.15) is 0 Å². The summed E-state index contributed by atoms with van der Waals surface area (Å²) >= 11 is 14.1. The van der Waals surface area contributed by atoms with Gasteiger partial charge in [-0.05, 0) is 117 Å². The van der Waals surface area contributed by atoms with E-state index < -0.39 is 0 Å². The smallest absolute Gasteiger partial charge is 0.657 e. The molecule has 0 spiro atoms. The van der Waals surface area contributed by atoms with Crippen molar-refractivity contribution in [1.82, 2.24) is 39.9 Å². The van der Waals surface area contributed by atoms with Gasteiger partial charge in [-0.25, -0.2) is 19.9 Å². The van der Waals surface area contributed by atoms with Gasteiger partial charge in [0.05, 0.1) is 45.6 Å². The minimum Gasteiger partial charge on any atom is -0.657 e. The number of aromatic nitrogens is 8. The van der Waals surface area contributed by atoms with Crippen LogP contribution >= 0.6 is 87.5 Å². The van der Waals surface area contributed by atoms with Gasteiger partial charge in [-0.2, -0.15) is 50.5 Å². The maximum atomic E-state index is 5.13. The Morgan fingerprint density at radius 1 is 0.194 bits per heavy atom. The van der Waals surface area contributed by atoms with Crippen LogP contribution in [0.25, 0.3) is 177 Å². The molecule has 0 radical (unpaired) electrons. The van der Waals surface area contributed by atoms with Gasteiger partial charge < -0.3 is 19.9 Å². The molecule has 0 amide bonds. The largest absolute Gasteiger partial charge is 2.00 e. The molecule has 4 aliphatic rings. The van der Waals surface area contributed by atoms with Crippen molar-refractivity contribution in [3.63, 3.8) is 0 Å². The van der Waals surface area contributed by atoms with E-state index >= 15 is 0 Å². The first kappa shape index (κ1) is 78.7. The standard InChI is InChI=1S/2C36H20N4.4CH5P.4CH4S.2Zn/c2*1-2-10-22-21(9-1)29-17-31-23-11-3-4-12-24(23)33(38-31)19-35-27-15-7-8-16-28(27)36(40-35)20-34-26-14-6-5-13-25(26)32(39-34)18-30(22)37-29;8*1-2;;/h2*1-20H;4*2H2,1H3;4*2H,1H3;;/q2*-2;;;;;;;;;2*+2. The second-order valence-electron chi connectivity index (χ2n) is 20.6. The maximum absolute atomic E-state index is 5.13. The van der Waals surface area contributed by atoms with Gasteiger partial charge in [0, 0.05) is 44.5 Å². The van der Waals surface area contributed by atoms with Crippen molar-refractivity contribution in [3.05, 3.63) is 243 Å². The van der Waals surface area contributed by atoms with Gasteiger partial charge in [-0.1, -0.05) is 221 Å². The fraction of sp³-hybridized carbons (Fsp3) is 0.100. The van der Waals surface area contributed by atoms with E-state index in [2.05, 4.69) is 330 Å². The Kier molecular flexibility index (Phi) is 30.8. The van der Waals surface area contributed by atoms with Gasteiger partial charge in [0.25, 0.3) is 0 Å². The van der Waals surface area contributed by atoms with E-state index in [1.54, 1.807) is 25.0 Å². The van der Waals surface area contributed by atoms with Crippen LogP contribution in [0.15, 0.2) is 243 Å². The summed E-state index contributed by atoms with van der Waals surface area (Å²) in [7, 11) is 9.67. The van der Waals surface area contributed by atoms with Crippen molar-refractivity contribution >= 4 is 175 Å². The number of hydrogen-bond donors (Lipinski definition) is 4. The monoisotopic (exact) mass is 1530 g/mol. The molecule has 0 saturated heterocycles. The van der Waals surface area contributed by atoms with Crippen LogP contribution in [0.2, 0.25) is 0 Å². The van der Waals surface area contributed by atoms with Crippen LogP contribution in [0.1, 0.15) is 0 Å². The Hall–Kier alpha value is -6.59. The SMILES string of the molecule is CP.CP.CP.CP.CS.CS.CS.CS.[Zn+2].[Zn+2].c1ccc2c(c1)-c1cc3[n-]c(cc4nc(cc5[n-]c(cc-2n1)c1ccccc51)-c1ccccc1-4)c1ccccc31.c1ccc2c(c1)-c1cc3[n-]c(cc4nc(cc5[n-]c(cc-2n1)c1ccccc51)-c1ccccc1-4)c1ccccc31. The van der Waals surface area contributed by atoms with Gasteiger partial charge >= 0.3 is 39.0 Å². The predicted molar refractivity (Wildman–Crippen MR) is 448 cm³/mol. The summed E-state index contributed by atoms with van der Waals surface area (Å²) in [5.74, 6) is 0. The summed E-state index contributed by atoms with van der Waals surface area (Å²) < 4.78 is 0. The molecule has 4 atom stereocenters. The third-order valence-electron chi connectivity index (χ3n) is 15.9. The van der Waals surface area contributed by atoms with Crippen molar-refractivity contribution in [3.8, 4) is 90.1 Å². The van der Waals surface area contributed by atoms with E-state index in [0.29, 0.717) is 0 Å². The van der Waals surface area contributed by atoms with E-state index in [9.17, 15) is 0 Å². The van der Waals surface area contributed by atoms with E-state index in [4.69, 9.17) is 39.9 Å². The predicted octanol–water partition coefficient (Wildman–Crippen LogP) is 21.2. The Morgan fingerprint density at radius 3 is 0.408 bits per heavy atom. The summed E-state index contributed by atoms with van der Waals surface area (Å²) in [6, 6.07) is 84.1. The van der Waals surface area contributed by atoms with Gasteiger partial charge in [0.2, 0.25) is 0 Å². The Balaban J connectivity index is 0.000000226. The molecule has 8 aromatic carbocycles. The quantitative estimate of drug-likeness (QED) is 0.0676. The van der Waals surface area contributed by atoms with Crippen LogP contribution < -0.4 is 19.9 Å². The molecule has 484 valence electrons. The molecule has 10 heterocycles. The van der Waals surface area contributed by atoms with E-state index in [0.717, 1.165) is 177 Å². The molecule has 4 aliphatic heterocycles. The fourth-order valence-electron chi connectivity index (χ4n) is 12.2. The van der Waals surface area contributed by atoms with Gasteiger partial charge in [-0.15, -0.1) is 81.1 Å². The summed E-state index contributed by atoms with van der Waals surface area (Å²) in [5, 5.41) is 8.82. The Labute approximate surface area is 632 Å². The van der Waals surface area contributed by atoms with Crippen molar-refractivity contribution in [1.29, 1.82) is 0 Å². The first-order valence-corrected chi connectivity index (χ1v) is 39.1. The Bertz CT molecular complexity index is 4430. The Morgan fingerprint density at radius 2 is 0.296 bits per heavy atom. The normalized spacial score (nSPS) is 10.3. The van der Waals surface area contributed by atoms with Crippen molar-refractivity contribution in [2.24, 2.45) is 0 Å². The maximum Gasteiger partial charge on any atom is 2.00 e. The van der Waals surface area contributed by atoms with Crippen molar-refractivity contribution in [2.75, 3.05) is 51.7 Å². The fourth-order valence-corrected chi connectivity index (χ4v) is 12.2. The zero-order valence-corrected chi connectivity index (χ0v) is 70.3. The molecule has 4 unspecified atom stereocenters. The molecule has 6 aromatic heterocycles. The van der Waals surface area contributed by atoms with Crippen LogP contribution in [0, 0.1) is 0 Å². The van der Waals surface area contributed by atoms with Gasteiger partial charge in [0.15, 0.2) is 0 Å². The second-order valence-corrected chi connectivity index (χ2v) is 20.6. The third-order valence-corrected chi connectivity index (χ3v) is 15.9. The van der Waals surface area contributed by atoms with Crippen LogP contribution in [0.5, 0.6) is 0 Å². The van der Waals surface area contributed by atoms with Crippen LogP contribution in [0.4, 0.5) is 0 Å². The molecule has 16 bridgehead atoms. The van der Waals surface area contributed by atoms with Crippen molar-refractivity contribution in [2.45, 2.75) is 0 Å². The molecular weight excluding hydrogens is 1460 g/mol. The molecule has 98 heavy (non-hydrogen) atoms. The number of benzene rings is 8.